The van der Waals surface area contributed by atoms with E-state index in [0.717, 1.165) is 38.1 Å². The molecule has 0 radical (unpaired) electrons. The number of hydrogen-bond donors (Lipinski definition) is 1. The van der Waals surface area contributed by atoms with Crippen molar-refractivity contribution < 1.29 is 5.11 Å². The van der Waals surface area contributed by atoms with Crippen molar-refractivity contribution in [3.05, 3.63) is 35.4 Å². The second kappa shape index (κ2) is 9.84. The zero-order chi connectivity index (χ0) is 18.4. The highest BCUT2D eigenvalue weighted by atomic mass is 16.3. The highest BCUT2D eigenvalue weighted by Gasteiger charge is 2.30. The van der Waals surface area contributed by atoms with Crippen molar-refractivity contribution in [1.82, 2.24) is 14.7 Å². The molecule has 0 aromatic heterocycles. The van der Waals surface area contributed by atoms with Gasteiger partial charge in [-0.1, -0.05) is 24.3 Å². The van der Waals surface area contributed by atoms with Gasteiger partial charge in [-0.05, 0) is 89.4 Å². The Labute approximate surface area is 159 Å². The van der Waals surface area contributed by atoms with Crippen LogP contribution in [0.1, 0.15) is 30.4 Å². The van der Waals surface area contributed by atoms with Crippen molar-refractivity contribution in [2.24, 2.45) is 5.92 Å². The first-order chi connectivity index (χ1) is 12.7. The van der Waals surface area contributed by atoms with E-state index in [1.54, 1.807) is 11.1 Å². The smallest absolute Gasteiger partial charge is 0.0558 e. The number of benzene rings is 1. The van der Waals surface area contributed by atoms with E-state index in [-0.39, 0.29) is 6.61 Å². The van der Waals surface area contributed by atoms with E-state index in [2.05, 4.69) is 53.1 Å². The van der Waals surface area contributed by atoms with Crippen molar-refractivity contribution in [3.63, 3.8) is 0 Å². The summed E-state index contributed by atoms with van der Waals surface area (Å²) in [5.41, 5.74) is 3.13. The van der Waals surface area contributed by atoms with Crippen LogP contribution in [-0.2, 0) is 12.8 Å². The Hall–Kier alpha value is -0.940. The molecule has 1 aliphatic heterocycles. The summed E-state index contributed by atoms with van der Waals surface area (Å²) in [4.78, 5) is 7.46. The van der Waals surface area contributed by atoms with Crippen LogP contribution in [0.15, 0.2) is 24.3 Å². The fraction of sp³-hybridized carbons (Fsp3) is 0.727. The highest BCUT2D eigenvalue weighted by Crippen LogP contribution is 2.28. The first kappa shape index (κ1) is 19.8. The van der Waals surface area contributed by atoms with Gasteiger partial charge in [0.15, 0.2) is 0 Å². The average Bonchev–Trinajstić information content (AvgIpc) is 3.06. The van der Waals surface area contributed by atoms with Gasteiger partial charge in [0.25, 0.3) is 0 Å². The summed E-state index contributed by atoms with van der Waals surface area (Å²) in [6.45, 7) is 6.99. The number of rotatable bonds is 9. The lowest BCUT2D eigenvalue weighted by Gasteiger charge is -2.38. The summed E-state index contributed by atoms with van der Waals surface area (Å²) in [5, 5.41) is 9.39. The fourth-order valence-electron chi connectivity index (χ4n) is 4.71. The summed E-state index contributed by atoms with van der Waals surface area (Å²) >= 11 is 0. The molecule has 4 nitrogen and oxygen atoms in total. The number of nitrogens with zero attached hydrogens (tertiary/aromatic N) is 3. The second-order valence-electron chi connectivity index (χ2n) is 8.49. The Kier molecular flexibility index (Phi) is 7.50. The minimum atomic E-state index is 0.279. The molecule has 1 fully saturated rings. The van der Waals surface area contributed by atoms with Gasteiger partial charge in [-0.2, -0.15) is 0 Å². The third kappa shape index (κ3) is 5.53. The molecule has 0 bridgehead atoms. The van der Waals surface area contributed by atoms with Crippen LogP contribution in [-0.4, -0.2) is 85.8 Å². The van der Waals surface area contributed by atoms with Crippen LogP contribution >= 0.6 is 0 Å². The van der Waals surface area contributed by atoms with Crippen LogP contribution in [0.4, 0.5) is 0 Å². The molecule has 1 aliphatic carbocycles. The van der Waals surface area contributed by atoms with Gasteiger partial charge < -0.3 is 14.9 Å². The molecule has 1 heterocycles. The minimum absolute atomic E-state index is 0.279. The number of piperidine rings is 1. The third-order valence-corrected chi connectivity index (χ3v) is 6.21. The van der Waals surface area contributed by atoms with Crippen LogP contribution in [0, 0.1) is 5.92 Å². The first-order valence-electron chi connectivity index (χ1n) is 10.4. The summed E-state index contributed by atoms with van der Waals surface area (Å²) in [7, 11) is 4.26. The minimum Gasteiger partial charge on any atom is -0.395 e. The van der Waals surface area contributed by atoms with Crippen molar-refractivity contribution in [2.75, 3.05) is 60.0 Å². The molecule has 1 aromatic rings. The van der Waals surface area contributed by atoms with Gasteiger partial charge in [-0.3, -0.25) is 4.90 Å². The second-order valence-corrected chi connectivity index (χ2v) is 8.49. The molecule has 0 spiro atoms. The normalized spacial score (nSPS) is 19.6. The van der Waals surface area contributed by atoms with Gasteiger partial charge in [0.1, 0.15) is 0 Å². The molecule has 0 saturated carbocycles. The zero-order valence-corrected chi connectivity index (χ0v) is 16.7. The van der Waals surface area contributed by atoms with Gasteiger partial charge in [0.2, 0.25) is 0 Å². The first-order valence-corrected chi connectivity index (χ1v) is 10.4. The number of likely N-dealkylation sites (tertiary alicyclic amines) is 1. The van der Waals surface area contributed by atoms with E-state index >= 15 is 0 Å². The molecular formula is C22H37N3O. The topological polar surface area (TPSA) is 30.0 Å². The Morgan fingerprint density at radius 1 is 1.00 bits per heavy atom. The lowest BCUT2D eigenvalue weighted by Crippen LogP contribution is -2.44. The lowest BCUT2D eigenvalue weighted by molar-refractivity contribution is 0.103. The molecule has 146 valence electrons. The van der Waals surface area contributed by atoms with Crippen LogP contribution in [0.5, 0.6) is 0 Å². The van der Waals surface area contributed by atoms with E-state index < -0.39 is 0 Å². The predicted molar refractivity (Wildman–Crippen MR) is 109 cm³/mol. The highest BCUT2D eigenvalue weighted by molar-refractivity contribution is 5.33. The van der Waals surface area contributed by atoms with Crippen molar-refractivity contribution in [1.29, 1.82) is 0 Å². The van der Waals surface area contributed by atoms with Crippen molar-refractivity contribution >= 4 is 0 Å². The van der Waals surface area contributed by atoms with Gasteiger partial charge in [0, 0.05) is 19.1 Å². The molecule has 2 aliphatic rings. The van der Waals surface area contributed by atoms with Gasteiger partial charge in [-0.15, -0.1) is 0 Å². The maximum atomic E-state index is 9.39. The van der Waals surface area contributed by atoms with E-state index in [9.17, 15) is 5.11 Å². The van der Waals surface area contributed by atoms with Crippen LogP contribution in [0.2, 0.25) is 0 Å². The number of aliphatic hydroxyl groups is 1. The quantitative estimate of drug-likeness (QED) is 0.731. The maximum absolute atomic E-state index is 9.39. The van der Waals surface area contributed by atoms with Gasteiger partial charge in [-0.25, -0.2) is 0 Å². The van der Waals surface area contributed by atoms with E-state index in [4.69, 9.17) is 0 Å². The molecular weight excluding hydrogens is 322 g/mol. The van der Waals surface area contributed by atoms with Crippen molar-refractivity contribution in [3.8, 4) is 0 Å². The molecule has 1 N–H and O–H groups in total. The number of hydrogen-bond acceptors (Lipinski definition) is 4. The van der Waals surface area contributed by atoms with Crippen molar-refractivity contribution in [2.45, 2.75) is 38.1 Å². The molecule has 0 atom stereocenters. The summed E-state index contributed by atoms with van der Waals surface area (Å²) in [6, 6.07) is 9.70. The lowest BCUT2D eigenvalue weighted by atomic mass is 9.94. The van der Waals surface area contributed by atoms with Gasteiger partial charge >= 0.3 is 0 Å². The number of fused-ring (bicyclic) bond motifs is 1. The molecule has 4 heteroatoms. The standard InChI is InChI=1S/C22H37N3O/c1-23(2)10-5-11-24(14-15-26)18-19-8-12-25(13-9-19)22-16-20-6-3-4-7-21(20)17-22/h3-4,6-7,19,22,26H,5,8-18H2,1-2H3. The molecule has 0 amide bonds. The monoisotopic (exact) mass is 359 g/mol. The molecule has 0 unspecified atom stereocenters. The Bertz CT molecular complexity index is 515. The molecule has 3 rings (SSSR count). The van der Waals surface area contributed by atoms with E-state index in [1.165, 1.54) is 45.2 Å². The summed E-state index contributed by atoms with van der Waals surface area (Å²) < 4.78 is 0. The van der Waals surface area contributed by atoms with Crippen LogP contribution < -0.4 is 0 Å². The van der Waals surface area contributed by atoms with E-state index in [0.29, 0.717) is 0 Å². The van der Waals surface area contributed by atoms with Gasteiger partial charge in [0.05, 0.1) is 6.61 Å². The molecule has 1 saturated heterocycles. The van der Waals surface area contributed by atoms with E-state index in [1.807, 2.05) is 0 Å². The molecule has 26 heavy (non-hydrogen) atoms. The summed E-state index contributed by atoms with van der Waals surface area (Å²) in [5.74, 6) is 0.793. The zero-order valence-electron chi connectivity index (χ0n) is 16.7. The summed E-state index contributed by atoms with van der Waals surface area (Å²) in [6.07, 6.45) is 6.28. The SMILES string of the molecule is CN(C)CCCN(CCO)CC1CCN(C2Cc3ccccc3C2)CC1. The predicted octanol–water partition coefficient (Wildman–Crippen LogP) is 2.11. The third-order valence-electron chi connectivity index (χ3n) is 6.21. The number of aliphatic hydroxyl groups excluding tert-OH is 1. The molecule has 1 aromatic carbocycles. The average molecular weight is 360 g/mol. The Morgan fingerprint density at radius 2 is 1.65 bits per heavy atom. The Morgan fingerprint density at radius 3 is 2.23 bits per heavy atom. The largest absolute Gasteiger partial charge is 0.395 e. The Balaban J connectivity index is 1.41. The van der Waals surface area contributed by atoms with Crippen LogP contribution in [0.25, 0.3) is 0 Å². The van der Waals surface area contributed by atoms with Crippen LogP contribution in [0.3, 0.4) is 0 Å². The fourth-order valence-corrected chi connectivity index (χ4v) is 4.71. The maximum Gasteiger partial charge on any atom is 0.0558 e.